The number of carbonyl (C=O) groups is 4. The van der Waals surface area contributed by atoms with Crippen LogP contribution >= 0.6 is 0 Å². The van der Waals surface area contributed by atoms with E-state index in [1.165, 1.54) is 16.7 Å². The minimum atomic E-state index is -1.98. The summed E-state index contributed by atoms with van der Waals surface area (Å²) in [7, 11) is -1.98. The largest absolute Gasteiger partial charge is 0.486 e. The van der Waals surface area contributed by atoms with Gasteiger partial charge in [0.25, 0.3) is 11.8 Å². The van der Waals surface area contributed by atoms with E-state index < -0.39 is 20.7 Å². The van der Waals surface area contributed by atoms with Gasteiger partial charge in [-0.3, -0.25) is 19.2 Å². The molecule has 2 aliphatic heterocycles. The molecule has 338 valence electrons. The lowest BCUT2D eigenvalue weighted by molar-refractivity contribution is -0.124. The second kappa shape index (κ2) is 23.0. The predicted octanol–water partition coefficient (Wildman–Crippen LogP) is 8.34. The highest BCUT2D eigenvalue weighted by atomic mass is 28.4. The summed E-state index contributed by atoms with van der Waals surface area (Å²) in [5, 5.41) is 8.81. The number of amides is 2. The highest BCUT2D eigenvalue weighted by Crippen LogP contribution is 2.36. The van der Waals surface area contributed by atoms with Crippen LogP contribution in [0.5, 0.6) is 11.5 Å². The van der Waals surface area contributed by atoms with Crippen LogP contribution in [0.4, 0.5) is 0 Å². The number of aryl methyl sites for hydroxylation is 1. The number of nitrogens with two attached hydrogens (primary N) is 1. The van der Waals surface area contributed by atoms with Crippen LogP contribution in [0.3, 0.4) is 0 Å². The number of piperidine rings is 2. The first kappa shape index (κ1) is 48.9. The van der Waals surface area contributed by atoms with Crippen LogP contribution in [0.25, 0.3) is 0 Å². The Morgan fingerprint density at radius 3 is 1.54 bits per heavy atom. The Hall–Kier alpha value is -5.14. The van der Waals surface area contributed by atoms with Crippen molar-refractivity contribution in [2.24, 2.45) is 5.73 Å². The lowest BCUT2D eigenvalue weighted by Crippen LogP contribution is -2.42. The third-order valence-electron chi connectivity index (χ3n) is 12.6. The van der Waals surface area contributed by atoms with Gasteiger partial charge in [0, 0.05) is 43.9 Å². The topological polar surface area (TPSA) is 149 Å². The molecule has 2 saturated heterocycles. The third-order valence-corrected chi connectivity index (χ3v) is 17.1. The molecule has 6 rings (SSSR count). The number of aliphatic hydroxyl groups excluding tert-OH is 1. The molecule has 0 bridgehead atoms. The minimum absolute atomic E-state index is 0.0174. The Bertz CT molecular complexity index is 2150. The van der Waals surface area contributed by atoms with E-state index in [0.29, 0.717) is 54.1 Å². The normalized spacial score (nSPS) is 15.0. The van der Waals surface area contributed by atoms with Gasteiger partial charge in [0.2, 0.25) is 0 Å². The molecule has 12 heteroatoms. The fraction of sp³-hybridized carbons (Fsp3) is 0.451. The first-order chi connectivity index (χ1) is 30.1. The van der Waals surface area contributed by atoms with Crippen molar-refractivity contribution in [3.63, 3.8) is 0 Å². The van der Waals surface area contributed by atoms with E-state index in [9.17, 15) is 19.2 Å². The lowest BCUT2D eigenvalue weighted by atomic mass is 9.88. The van der Waals surface area contributed by atoms with Crippen LogP contribution in [0.2, 0.25) is 18.1 Å². The summed E-state index contributed by atoms with van der Waals surface area (Å²) < 4.78 is 17.0. The standard InChI is InChI=1S/C29H41NO4Si.C22H26N2O4/c1-7-22-10-8-11-24(18-22)23-14-16-30(17-15-23)28(32)25-12-9-13-27(19-25)33-20-26(31)21-34-35(5,6)29(2,3)4;23-13-16-3-1-4-18(11-16)17-7-9-24(10-8-17)22(27)19-5-2-6-21(12-19)28-15-20(26)14-25/h8-13,18-19,23H,7,14-17,20-21H2,1-6H3;1-6,11-12,17,25H,7-10,13-15,23H2. The number of carbonyl (C=O) groups excluding carboxylic acids is 4. The molecular formula is C51H67N3O8Si. The molecule has 0 aromatic heterocycles. The first-order valence-electron chi connectivity index (χ1n) is 22.3. The number of nitrogens with zero attached hydrogens (tertiary/aromatic N) is 2. The van der Waals surface area contributed by atoms with Gasteiger partial charge in [-0.1, -0.05) is 88.4 Å². The monoisotopic (exact) mass is 877 g/mol. The fourth-order valence-electron chi connectivity index (χ4n) is 7.57. The highest BCUT2D eigenvalue weighted by molar-refractivity contribution is 6.74. The van der Waals surface area contributed by atoms with Crippen LogP contribution in [0.1, 0.15) is 108 Å². The van der Waals surface area contributed by atoms with E-state index in [1.807, 2.05) is 34.1 Å². The van der Waals surface area contributed by atoms with Gasteiger partial charge in [-0.15, -0.1) is 0 Å². The summed E-state index contributed by atoms with van der Waals surface area (Å²) in [4.78, 5) is 53.3. The van der Waals surface area contributed by atoms with E-state index in [4.69, 9.17) is 24.7 Å². The number of Topliss-reactive ketones (excluding diaryl/α,β-unsaturated/α-hetero) is 2. The molecule has 0 aliphatic carbocycles. The summed E-state index contributed by atoms with van der Waals surface area (Å²) in [5.74, 6) is 1.40. The van der Waals surface area contributed by atoms with E-state index in [-0.39, 0.29) is 42.5 Å². The van der Waals surface area contributed by atoms with Gasteiger partial charge in [0.1, 0.15) is 31.3 Å². The van der Waals surface area contributed by atoms with Crippen molar-refractivity contribution in [1.29, 1.82) is 0 Å². The van der Waals surface area contributed by atoms with Gasteiger partial charge in [0.05, 0.1) is 6.61 Å². The SMILES string of the molecule is CCc1cccc(C2CCN(C(=O)c3cccc(OCC(=O)CO[Si](C)(C)C(C)(C)C)c3)CC2)c1.NCc1cccc(C2CCN(C(=O)c3cccc(OCC(=O)CO)c3)CC2)c1. The Morgan fingerprint density at radius 1 is 0.651 bits per heavy atom. The molecule has 2 amide bonds. The number of aliphatic hydroxyl groups is 1. The van der Waals surface area contributed by atoms with E-state index in [1.54, 1.807) is 36.4 Å². The summed E-state index contributed by atoms with van der Waals surface area (Å²) in [6, 6.07) is 31.2. The molecule has 2 aliphatic rings. The van der Waals surface area contributed by atoms with E-state index in [0.717, 1.165) is 50.8 Å². The molecule has 4 aromatic rings. The Morgan fingerprint density at radius 2 is 1.10 bits per heavy atom. The molecule has 0 unspecified atom stereocenters. The maximum Gasteiger partial charge on any atom is 0.253 e. The molecule has 3 N–H and O–H groups in total. The average molecular weight is 878 g/mol. The number of ketones is 2. The van der Waals surface area contributed by atoms with Crippen LogP contribution < -0.4 is 15.2 Å². The van der Waals surface area contributed by atoms with Crippen molar-refractivity contribution >= 4 is 31.7 Å². The van der Waals surface area contributed by atoms with Crippen molar-refractivity contribution in [3.8, 4) is 11.5 Å². The van der Waals surface area contributed by atoms with Crippen molar-refractivity contribution in [1.82, 2.24) is 9.80 Å². The minimum Gasteiger partial charge on any atom is -0.486 e. The van der Waals surface area contributed by atoms with Crippen LogP contribution in [-0.2, 0) is 27.0 Å². The van der Waals surface area contributed by atoms with Gasteiger partial charge in [-0.05, 0) is 121 Å². The number of hydrogen-bond acceptors (Lipinski definition) is 9. The van der Waals surface area contributed by atoms with Crippen molar-refractivity contribution in [3.05, 3.63) is 130 Å². The predicted molar refractivity (Wildman–Crippen MR) is 250 cm³/mol. The van der Waals surface area contributed by atoms with Gasteiger partial charge in [0.15, 0.2) is 19.9 Å². The smallest absolute Gasteiger partial charge is 0.253 e. The summed E-state index contributed by atoms with van der Waals surface area (Å²) >= 11 is 0. The van der Waals surface area contributed by atoms with E-state index in [2.05, 4.69) is 77.2 Å². The maximum absolute atomic E-state index is 13.1. The molecule has 4 aromatic carbocycles. The van der Waals surface area contributed by atoms with Crippen LogP contribution in [0, 0.1) is 0 Å². The summed E-state index contributed by atoms with van der Waals surface area (Å²) in [6.07, 6.45) is 4.82. The van der Waals surface area contributed by atoms with Gasteiger partial charge in [-0.25, -0.2) is 0 Å². The van der Waals surface area contributed by atoms with Crippen molar-refractivity contribution in [2.75, 3.05) is 52.6 Å². The zero-order chi connectivity index (χ0) is 45.6. The van der Waals surface area contributed by atoms with Gasteiger partial charge >= 0.3 is 0 Å². The molecule has 2 heterocycles. The summed E-state index contributed by atoms with van der Waals surface area (Å²) in [5.41, 5.74) is 12.0. The zero-order valence-corrected chi connectivity index (χ0v) is 39.1. The molecular weight excluding hydrogens is 811 g/mol. The number of likely N-dealkylation sites (tertiary alicyclic amines) is 2. The fourth-order valence-corrected chi connectivity index (χ4v) is 8.52. The second-order valence-corrected chi connectivity index (χ2v) is 22.9. The molecule has 0 saturated carbocycles. The van der Waals surface area contributed by atoms with Crippen molar-refractivity contribution < 1.29 is 38.2 Å². The molecule has 0 atom stereocenters. The van der Waals surface area contributed by atoms with Gasteiger partial charge < -0.3 is 34.5 Å². The molecule has 63 heavy (non-hydrogen) atoms. The lowest BCUT2D eigenvalue weighted by Gasteiger charge is -2.35. The average Bonchev–Trinajstić information content (AvgIpc) is 3.31. The molecule has 11 nitrogen and oxygen atoms in total. The molecule has 0 radical (unpaired) electrons. The van der Waals surface area contributed by atoms with E-state index >= 15 is 0 Å². The van der Waals surface area contributed by atoms with Crippen LogP contribution in [0.15, 0.2) is 97.1 Å². The Kier molecular flexibility index (Phi) is 17.8. The maximum atomic E-state index is 13.1. The quantitative estimate of drug-likeness (QED) is 0.106. The Balaban J connectivity index is 0.000000243. The number of hydrogen-bond donors (Lipinski definition) is 2. The highest BCUT2D eigenvalue weighted by Gasteiger charge is 2.37. The van der Waals surface area contributed by atoms with Crippen molar-refractivity contribution in [2.45, 2.75) is 96.3 Å². The number of benzene rings is 4. The van der Waals surface area contributed by atoms with Gasteiger partial charge in [-0.2, -0.15) is 0 Å². The summed E-state index contributed by atoms with van der Waals surface area (Å²) in [6.45, 7) is 15.5. The number of ether oxygens (including phenoxy) is 2. The molecule has 0 spiro atoms. The Labute approximate surface area is 375 Å². The zero-order valence-electron chi connectivity index (χ0n) is 38.1. The first-order valence-corrected chi connectivity index (χ1v) is 25.2. The number of rotatable bonds is 16. The third kappa shape index (κ3) is 14.2. The second-order valence-electron chi connectivity index (χ2n) is 18.1. The van der Waals surface area contributed by atoms with Crippen LogP contribution in [-0.4, -0.2) is 99.2 Å². The molecule has 2 fully saturated rings.